The third-order valence-corrected chi connectivity index (χ3v) is 0. The van der Waals surface area contributed by atoms with Crippen LogP contribution in [0.3, 0.4) is 0 Å². The average Bonchev–Trinajstić information content (AvgIpc) is 0.722. The van der Waals surface area contributed by atoms with Crippen LogP contribution in [-0.4, -0.2) is 18.8 Å². The van der Waals surface area contributed by atoms with Crippen LogP contribution in [0.5, 0.6) is 0 Å². The number of hydrogen-bond donors (Lipinski definition) is 0. The van der Waals surface area contributed by atoms with Gasteiger partial charge >= 0.3 is 29.6 Å². The molecule has 0 aromatic heterocycles. The minimum Gasteiger partial charge on any atom is -1.00 e. The Kier molecular flexibility index (Phi) is 13.0. The van der Waals surface area contributed by atoms with Gasteiger partial charge in [-0.3, -0.25) is 0 Å². The molecule has 7 heavy (non-hydrogen) atoms. The summed E-state index contributed by atoms with van der Waals surface area (Å²) >= 11 is 0. The molecule has 0 spiro atoms. The maximum atomic E-state index is 10.2. The molecule has 4 heteroatoms. The Morgan fingerprint density at radius 3 is 1.29 bits per heavy atom. The van der Waals surface area contributed by atoms with E-state index < -0.39 is 9.93 Å². The summed E-state index contributed by atoms with van der Waals surface area (Å²) in [5.74, 6) is 0. The van der Waals surface area contributed by atoms with Gasteiger partial charge in [-0.05, 0) is 0 Å². The topological polar surface area (TPSA) is 17.1 Å². The third kappa shape index (κ3) is 91.0. The van der Waals surface area contributed by atoms with Gasteiger partial charge in [-0.2, -0.15) is 0 Å². The molecule has 0 amide bonds. The third-order valence-electron chi connectivity index (χ3n) is 0. The van der Waals surface area contributed by atoms with E-state index in [4.69, 9.17) is 0 Å². The van der Waals surface area contributed by atoms with Gasteiger partial charge in [0, 0.05) is 0 Å². The fraction of sp³-hybridized carbons (Fsp3) is 1.00. The Labute approximate surface area is 80.2 Å². The first-order valence-electron chi connectivity index (χ1n) is 1.39. The zero-order chi connectivity index (χ0) is 4.50. The molecule has 0 aromatic carbocycles. The first-order valence-corrected chi connectivity index (χ1v) is 4.17. The molecule has 0 rings (SSSR count). The molecule has 0 aliphatic carbocycles. The van der Waals surface area contributed by atoms with Crippen LogP contribution in [0, 0.1) is 0 Å². The summed E-state index contributed by atoms with van der Waals surface area (Å²) in [5, 5.41) is 0. The summed E-state index contributed by atoms with van der Waals surface area (Å²) < 4.78 is 10.2. The van der Waals surface area contributed by atoms with E-state index in [-0.39, 0.29) is 48.0 Å². The van der Waals surface area contributed by atoms with Gasteiger partial charge < -0.3 is 18.4 Å². The molecule has 0 radical (unpaired) electrons. The molecule has 0 aliphatic rings. The summed E-state index contributed by atoms with van der Waals surface area (Å²) in [6.07, 6.45) is 5.15. The van der Waals surface area contributed by atoms with E-state index in [1.165, 1.54) is 0 Å². The largest absolute Gasteiger partial charge is 1.00 e. The summed E-state index contributed by atoms with van der Waals surface area (Å²) in [6.45, 7) is 0. The van der Waals surface area contributed by atoms with Crippen LogP contribution in [0.25, 0.3) is 0 Å². The van der Waals surface area contributed by atoms with Crippen LogP contribution in [0.1, 0.15) is 1.43 Å². The number of rotatable bonds is 0. The first kappa shape index (κ1) is 15.9. The van der Waals surface area contributed by atoms with Gasteiger partial charge in [0.2, 0.25) is 0 Å². The molecule has 42 valence electrons. The van der Waals surface area contributed by atoms with Crippen LogP contribution >= 0.6 is 0 Å². The number of halogens is 1. The van der Waals surface area contributed by atoms with Gasteiger partial charge in [-0.15, -0.1) is 4.21 Å². The smallest absolute Gasteiger partial charge is 1.00 e. The predicted molar refractivity (Wildman–Crippen MR) is 26.9 cm³/mol. The van der Waals surface area contributed by atoms with Crippen molar-refractivity contribution >= 4 is 9.93 Å². The van der Waals surface area contributed by atoms with Crippen molar-refractivity contribution in [2.75, 3.05) is 18.8 Å². The van der Waals surface area contributed by atoms with Crippen LogP contribution in [0.15, 0.2) is 0 Å². The first-order chi connectivity index (χ1) is 2.00. The van der Waals surface area contributed by atoms with Gasteiger partial charge in [-0.25, -0.2) is 0 Å². The molecule has 0 unspecified atom stereocenters. The average molecular weight is 197 g/mol. The second-order valence-electron chi connectivity index (χ2n) is 1.72. The van der Waals surface area contributed by atoms with Crippen molar-refractivity contribution < 1.29 is 52.2 Å². The van der Waals surface area contributed by atoms with Gasteiger partial charge in [0.05, 0.1) is 9.93 Å². The minimum absolute atomic E-state index is 0. The molecule has 0 bridgehead atoms. The monoisotopic (exact) mass is 196 g/mol. The van der Waals surface area contributed by atoms with Crippen molar-refractivity contribution in [1.82, 2.24) is 0 Å². The molecule has 0 aromatic rings. The van der Waals surface area contributed by atoms with Gasteiger partial charge in [0.1, 0.15) is 18.8 Å². The van der Waals surface area contributed by atoms with Gasteiger partial charge in [0.15, 0.2) is 0 Å². The molecule has 0 saturated heterocycles. The zero-order valence-corrected chi connectivity index (χ0v) is 9.60. The molecule has 1 nitrogen and oxygen atoms in total. The predicted octanol–water partition coefficient (Wildman–Crippen LogP) is -5.50. The Hall–Kier alpha value is 1.63. The summed E-state index contributed by atoms with van der Waals surface area (Å²) in [5.41, 5.74) is 0. The Morgan fingerprint density at radius 2 is 1.29 bits per heavy atom. The van der Waals surface area contributed by atoms with Crippen molar-refractivity contribution in [1.29, 1.82) is 0 Å². The maximum Gasteiger partial charge on any atom is 1.00 e. The van der Waals surface area contributed by atoms with Crippen molar-refractivity contribution in [2.24, 2.45) is 0 Å². The van der Waals surface area contributed by atoms with E-state index in [2.05, 4.69) is 0 Å². The van der Waals surface area contributed by atoms with Crippen molar-refractivity contribution in [2.45, 2.75) is 0 Å². The SMILES string of the molecule is C[S+](C)(C)=O.[Br-].[H-].[Na+]. The van der Waals surface area contributed by atoms with Crippen molar-refractivity contribution in [3.05, 3.63) is 0 Å². The molecule has 0 atom stereocenters. The van der Waals surface area contributed by atoms with Crippen LogP contribution in [0.2, 0.25) is 0 Å². The summed E-state index contributed by atoms with van der Waals surface area (Å²) in [6, 6.07) is 0. The molecule has 0 heterocycles. The van der Waals surface area contributed by atoms with Crippen LogP contribution in [0.4, 0.5) is 0 Å². The molecule has 0 saturated carbocycles. The van der Waals surface area contributed by atoms with E-state index in [1.807, 2.05) is 0 Å². The molecular weight excluding hydrogens is 187 g/mol. The quantitative estimate of drug-likeness (QED) is 0.280. The van der Waals surface area contributed by atoms with E-state index in [9.17, 15) is 4.21 Å². The standard InChI is InChI=1S/C3H9OS.BrH.Na.H/c1-5(2,3)4;;;/h1-3H3;1H;;/q+1;;+1;-1/p-1. The van der Waals surface area contributed by atoms with E-state index in [0.717, 1.165) is 0 Å². The maximum absolute atomic E-state index is 10.2. The molecular formula is C3H10BrNaOS. The van der Waals surface area contributed by atoms with Crippen molar-refractivity contribution in [3.63, 3.8) is 0 Å². The molecule has 0 N–H and O–H groups in total. The van der Waals surface area contributed by atoms with Crippen LogP contribution in [-0.2, 0) is 14.1 Å². The fourth-order valence-corrected chi connectivity index (χ4v) is 0. The van der Waals surface area contributed by atoms with Crippen molar-refractivity contribution in [3.8, 4) is 0 Å². The van der Waals surface area contributed by atoms with E-state index in [1.54, 1.807) is 18.8 Å². The van der Waals surface area contributed by atoms with E-state index in [0.29, 0.717) is 0 Å². The normalized spacial score (nSPS) is 8.43. The Bertz CT molecular complexity index is 65.4. The minimum atomic E-state index is -1.42. The van der Waals surface area contributed by atoms with Crippen LogP contribution < -0.4 is 46.5 Å². The Balaban J connectivity index is -0.0000000267. The fourth-order valence-electron chi connectivity index (χ4n) is 0. The molecule has 0 fully saturated rings. The van der Waals surface area contributed by atoms with E-state index >= 15 is 0 Å². The summed E-state index contributed by atoms with van der Waals surface area (Å²) in [4.78, 5) is 0. The second kappa shape index (κ2) is 5.76. The summed E-state index contributed by atoms with van der Waals surface area (Å²) in [7, 11) is -1.42. The Morgan fingerprint density at radius 1 is 1.29 bits per heavy atom. The number of hydrogen-bond acceptors (Lipinski definition) is 1. The zero-order valence-electron chi connectivity index (χ0n) is 6.19. The second-order valence-corrected chi connectivity index (χ2v) is 5.17. The van der Waals surface area contributed by atoms with Gasteiger partial charge in [0.25, 0.3) is 0 Å². The van der Waals surface area contributed by atoms with Gasteiger partial charge in [-0.1, -0.05) is 0 Å². The molecule has 0 aliphatic heterocycles.